The number of hydrogen-bond donors (Lipinski definition) is 1. The van der Waals surface area contributed by atoms with Crippen LogP contribution in [0.3, 0.4) is 0 Å². The third kappa shape index (κ3) is 5.27. The molecule has 0 aliphatic carbocycles. The van der Waals surface area contributed by atoms with E-state index in [-0.39, 0.29) is 11.8 Å². The summed E-state index contributed by atoms with van der Waals surface area (Å²) < 4.78 is 8.21. The highest BCUT2D eigenvalue weighted by Gasteiger charge is 2.22. The average Bonchev–Trinajstić information content (AvgIpc) is 3.14. The molecular weight excluding hydrogens is 434 g/mol. The van der Waals surface area contributed by atoms with Crippen molar-refractivity contribution in [1.29, 1.82) is 0 Å². The maximum absolute atomic E-state index is 13.6. The van der Waals surface area contributed by atoms with E-state index in [9.17, 15) is 9.59 Å². The Labute approximate surface area is 196 Å². The van der Waals surface area contributed by atoms with Gasteiger partial charge < -0.3 is 14.6 Å². The van der Waals surface area contributed by atoms with E-state index in [0.29, 0.717) is 23.6 Å². The minimum atomic E-state index is -0.497. The van der Waals surface area contributed by atoms with Crippen LogP contribution in [0.4, 0.5) is 5.69 Å². The van der Waals surface area contributed by atoms with E-state index >= 15 is 0 Å². The largest absolute Gasteiger partial charge is 0.383 e. The minimum absolute atomic E-state index is 0.133. The molecule has 0 unspecified atom stereocenters. The molecule has 7 heteroatoms. The first-order valence-electron chi connectivity index (χ1n) is 10.6. The Kier molecular flexibility index (Phi) is 7.12. The number of benzene rings is 3. The van der Waals surface area contributed by atoms with Crippen molar-refractivity contribution in [3.8, 4) is 0 Å². The van der Waals surface area contributed by atoms with Crippen LogP contribution in [0.15, 0.2) is 83.9 Å². The second-order valence-electron chi connectivity index (χ2n) is 7.60. The summed E-state index contributed by atoms with van der Waals surface area (Å²) in [5, 5.41) is 2.81. The van der Waals surface area contributed by atoms with Crippen LogP contribution in [0, 0.1) is 0 Å². The lowest BCUT2D eigenvalue weighted by Gasteiger charge is -2.14. The highest BCUT2D eigenvalue weighted by molar-refractivity contribution is 7.16. The molecule has 0 fully saturated rings. The zero-order valence-corrected chi connectivity index (χ0v) is 19.3. The number of hydrogen-bond acceptors (Lipinski definition) is 4. The maximum Gasteiger partial charge on any atom is 0.260 e. The summed E-state index contributed by atoms with van der Waals surface area (Å²) in [6, 6.07) is 25.1. The van der Waals surface area contributed by atoms with E-state index in [1.165, 1.54) is 18.3 Å². The molecule has 0 saturated carbocycles. The predicted molar refractivity (Wildman–Crippen MR) is 131 cm³/mol. The number of nitrogens with one attached hydrogen (secondary N) is 1. The molecule has 1 heterocycles. The molecule has 1 N–H and O–H groups in total. The fourth-order valence-electron chi connectivity index (χ4n) is 3.77. The molecule has 0 bridgehead atoms. The predicted octanol–water partition coefficient (Wildman–Crippen LogP) is 4.57. The molecule has 0 aliphatic heterocycles. The third-order valence-electron chi connectivity index (χ3n) is 5.24. The van der Waals surface area contributed by atoms with Gasteiger partial charge >= 0.3 is 0 Å². The number of fused-ring (bicyclic) bond motifs is 1. The van der Waals surface area contributed by atoms with Crippen molar-refractivity contribution >= 4 is 39.1 Å². The molecule has 0 saturated heterocycles. The molecule has 4 aromatic rings. The average molecular weight is 460 g/mol. The minimum Gasteiger partial charge on any atom is -0.383 e. The molecule has 3 aromatic carbocycles. The van der Waals surface area contributed by atoms with Gasteiger partial charge in [0.2, 0.25) is 5.91 Å². The van der Waals surface area contributed by atoms with E-state index < -0.39 is 5.92 Å². The zero-order valence-electron chi connectivity index (χ0n) is 18.5. The van der Waals surface area contributed by atoms with E-state index in [1.54, 1.807) is 7.11 Å². The van der Waals surface area contributed by atoms with Crippen LogP contribution in [0.1, 0.15) is 24.0 Å². The number of methoxy groups -OCH3 is 1. The fraction of sp³-hybridized carbons (Fsp3) is 0.192. The van der Waals surface area contributed by atoms with Crippen LogP contribution in [-0.2, 0) is 20.9 Å². The van der Waals surface area contributed by atoms with E-state index in [1.807, 2.05) is 83.4 Å². The molecule has 2 amide bonds. The van der Waals surface area contributed by atoms with Crippen molar-refractivity contribution in [2.24, 2.45) is 4.99 Å². The van der Waals surface area contributed by atoms with Gasteiger partial charge in [0.25, 0.3) is 5.91 Å². The first kappa shape index (κ1) is 22.6. The number of amides is 2. The number of carbonyl (C=O) groups excluding carboxylic acids is 2. The van der Waals surface area contributed by atoms with Crippen LogP contribution in [0.2, 0.25) is 0 Å². The van der Waals surface area contributed by atoms with Gasteiger partial charge in [0.15, 0.2) is 4.80 Å². The van der Waals surface area contributed by atoms with Crippen LogP contribution < -0.4 is 10.1 Å². The summed E-state index contributed by atoms with van der Waals surface area (Å²) in [5.74, 6) is -0.859. The van der Waals surface area contributed by atoms with Crippen molar-refractivity contribution in [2.75, 3.05) is 19.0 Å². The Bertz CT molecular complexity index is 1290. The van der Waals surface area contributed by atoms with E-state index in [2.05, 4.69) is 10.3 Å². The van der Waals surface area contributed by atoms with Gasteiger partial charge in [-0.25, -0.2) is 0 Å². The van der Waals surface area contributed by atoms with Gasteiger partial charge in [0, 0.05) is 26.3 Å². The van der Waals surface area contributed by atoms with Gasteiger partial charge in [-0.1, -0.05) is 72.0 Å². The van der Waals surface area contributed by atoms with Crippen LogP contribution in [-0.4, -0.2) is 30.1 Å². The first-order chi connectivity index (χ1) is 16.1. The van der Waals surface area contributed by atoms with Crippen molar-refractivity contribution in [2.45, 2.75) is 19.4 Å². The Hall–Kier alpha value is -3.55. The summed E-state index contributed by atoms with van der Waals surface area (Å²) in [6.45, 7) is 2.52. The molecule has 168 valence electrons. The summed E-state index contributed by atoms with van der Waals surface area (Å²) >= 11 is 1.42. The molecule has 4 rings (SSSR count). The van der Waals surface area contributed by atoms with Crippen LogP contribution in [0.5, 0.6) is 0 Å². The Balaban J connectivity index is 1.82. The smallest absolute Gasteiger partial charge is 0.260 e. The Morgan fingerprint density at radius 2 is 1.64 bits per heavy atom. The molecule has 0 aliphatic rings. The number of nitrogens with zero attached hydrogens (tertiary/aromatic N) is 2. The van der Waals surface area contributed by atoms with Gasteiger partial charge in [-0.2, -0.15) is 4.99 Å². The number of rotatable bonds is 7. The molecular formula is C26H25N3O3S. The summed E-state index contributed by atoms with van der Waals surface area (Å²) in [6.07, 6.45) is 0. The normalized spacial score (nSPS) is 11.8. The lowest BCUT2D eigenvalue weighted by Crippen LogP contribution is -2.22. The molecule has 0 atom stereocenters. The van der Waals surface area contributed by atoms with E-state index in [0.717, 1.165) is 21.3 Å². The highest BCUT2D eigenvalue weighted by atomic mass is 32.1. The Morgan fingerprint density at radius 1 is 1.00 bits per heavy atom. The Morgan fingerprint density at radius 3 is 2.21 bits per heavy atom. The van der Waals surface area contributed by atoms with Gasteiger partial charge in [0.05, 0.1) is 22.7 Å². The van der Waals surface area contributed by atoms with Gasteiger partial charge in [0.1, 0.15) is 0 Å². The number of thiazole rings is 1. The van der Waals surface area contributed by atoms with Gasteiger partial charge in [-0.3, -0.25) is 9.59 Å². The van der Waals surface area contributed by atoms with Crippen molar-refractivity contribution < 1.29 is 14.3 Å². The summed E-state index contributed by atoms with van der Waals surface area (Å²) in [7, 11) is 1.65. The number of carbonyl (C=O) groups is 2. The number of aromatic nitrogens is 1. The monoisotopic (exact) mass is 459 g/mol. The lowest BCUT2D eigenvalue weighted by molar-refractivity contribution is -0.118. The number of anilines is 1. The van der Waals surface area contributed by atoms with Crippen LogP contribution >= 0.6 is 11.3 Å². The van der Waals surface area contributed by atoms with E-state index in [4.69, 9.17) is 4.74 Å². The molecule has 6 nitrogen and oxygen atoms in total. The maximum atomic E-state index is 13.6. The molecule has 1 aromatic heterocycles. The second kappa shape index (κ2) is 10.4. The molecule has 0 radical (unpaired) electrons. The second-order valence-corrected chi connectivity index (χ2v) is 8.61. The first-order valence-corrected chi connectivity index (χ1v) is 11.5. The van der Waals surface area contributed by atoms with Gasteiger partial charge in [-0.15, -0.1) is 0 Å². The SMILES string of the molecule is COCCn1c(=NC(=O)C(c2ccccc2)c2ccccc2)sc2cc(NC(C)=O)ccc21. The van der Waals surface area contributed by atoms with Crippen molar-refractivity contribution in [1.82, 2.24) is 4.57 Å². The third-order valence-corrected chi connectivity index (χ3v) is 6.28. The topological polar surface area (TPSA) is 72.7 Å². The fourth-order valence-corrected chi connectivity index (χ4v) is 4.87. The summed E-state index contributed by atoms with van der Waals surface area (Å²) in [4.78, 5) is 30.2. The van der Waals surface area contributed by atoms with Crippen molar-refractivity contribution in [3.05, 3.63) is 94.8 Å². The quantitative estimate of drug-likeness (QED) is 0.440. The highest BCUT2D eigenvalue weighted by Crippen LogP contribution is 2.27. The van der Waals surface area contributed by atoms with Crippen LogP contribution in [0.25, 0.3) is 10.2 Å². The van der Waals surface area contributed by atoms with Gasteiger partial charge in [-0.05, 0) is 29.3 Å². The zero-order chi connectivity index (χ0) is 23.2. The molecule has 33 heavy (non-hydrogen) atoms. The lowest BCUT2D eigenvalue weighted by atomic mass is 9.91. The molecule has 0 spiro atoms. The standard InChI is InChI=1S/C26H25N3O3S/c1-18(30)27-21-13-14-22-23(17-21)33-26(29(22)15-16-32-2)28-25(31)24(19-9-5-3-6-10-19)20-11-7-4-8-12-20/h3-14,17,24H,15-16H2,1-2H3,(H,27,30). The summed E-state index contributed by atoms with van der Waals surface area (Å²) in [5.41, 5.74) is 3.44. The van der Waals surface area contributed by atoms with Crippen molar-refractivity contribution in [3.63, 3.8) is 0 Å². The number of ether oxygens (including phenoxy) is 1.